The summed E-state index contributed by atoms with van der Waals surface area (Å²) in [5.41, 5.74) is 1.53. The standard InChI is InChI=1S/C23H18F3N7O2.ClH/c24-23(25,26)14-4-1-3-13(11-14)16-12-17(32-31-16)28-22-29-18-15-5-2-6-27-21(15)35-19(18)20(30-22)33-7-9-34-10-8-33;/h1-6,11-12H,7-10H2,(H2,28,29,30,31,32);1H. The molecule has 0 spiro atoms. The number of halogens is 4. The SMILES string of the molecule is Cl.FC(F)(F)c1cccc(-c2cc(Nc3nc(N4CCOCC4)c4oc5ncccc5c4n3)[nH]n2)c1. The highest BCUT2D eigenvalue weighted by atomic mass is 35.5. The molecule has 36 heavy (non-hydrogen) atoms. The maximum Gasteiger partial charge on any atom is 0.416 e. The van der Waals surface area contributed by atoms with Crippen LogP contribution in [0, 0.1) is 0 Å². The molecule has 1 aliphatic rings. The van der Waals surface area contributed by atoms with Gasteiger partial charge in [-0.3, -0.25) is 5.10 Å². The van der Waals surface area contributed by atoms with Crippen molar-refractivity contribution in [1.82, 2.24) is 25.1 Å². The normalized spacial score (nSPS) is 14.2. The van der Waals surface area contributed by atoms with Crippen LogP contribution in [0.4, 0.5) is 30.8 Å². The number of ether oxygens (including phenoxy) is 1. The third-order valence-electron chi connectivity index (χ3n) is 5.69. The molecule has 0 saturated carbocycles. The van der Waals surface area contributed by atoms with Crippen LogP contribution < -0.4 is 10.2 Å². The summed E-state index contributed by atoms with van der Waals surface area (Å²) in [5.74, 6) is 1.32. The molecule has 186 valence electrons. The number of H-pyrrole nitrogens is 1. The van der Waals surface area contributed by atoms with Gasteiger partial charge in [0, 0.05) is 30.9 Å². The molecule has 5 aromatic rings. The van der Waals surface area contributed by atoms with E-state index >= 15 is 0 Å². The lowest BCUT2D eigenvalue weighted by molar-refractivity contribution is -0.137. The zero-order chi connectivity index (χ0) is 24.0. The molecule has 1 fully saturated rings. The smallest absolute Gasteiger partial charge is 0.416 e. The molecule has 1 saturated heterocycles. The molecule has 0 atom stereocenters. The number of fused-ring (bicyclic) bond motifs is 3. The number of benzene rings is 1. The number of nitrogens with one attached hydrogen (secondary N) is 2. The number of hydrogen-bond donors (Lipinski definition) is 2. The Morgan fingerprint density at radius 2 is 1.86 bits per heavy atom. The highest BCUT2D eigenvalue weighted by molar-refractivity contribution is 6.05. The van der Waals surface area contributed by atoms with Crippen molar-refractivity contribution in [3.05, 3.63) is 54.2 Å². The van der Waals surface area contributed by atoms with Gasteiger partial charge in [-0.05, 0) is 24.3 Å². The number of rotatable bonds is 4. The van der Waals surface area contributed by atoms with Crippen LogP contribution in [0.25, 0.3) is 33.5 Å². The first kappa shape index (κ1) is 23.8. The van der Waals surface area contributed by atoms with Crippen LogP contribution in [0.1, 0.15) is 5.56 Å². The summed E-state index contributed by atoms with van der Waals surface area (Å²) in [5, 5.41) is 10.8. The molecule has 9 nitrogen and oxygen atoms in total. The quantitative estimate of drug-likeness (QED) is 0.336. The zero-order valence-electron chi connectivity index (χ0n) is 18.5. The summed E-state index contributed by atoms with van der Waals surface area (Å²) < 4.78 is 50.7. The topological polar surface area (TPSA) is 105 Å². The number of morpholine rings is 1. The Kier molecular flexibility index (Phi) is 6.14. The Hall–Kier alpha value is -3.90. The summed E-state index contributed by atoms with van der Waals surface area (Å²) in [7, 11) is 0. The van der Waals surface area contributed by atoms with Crippen molar-refractivity contribution in [2.75, 3.05) is 36.5 Å². The molecule has 4 aromatic heterocycles. The predicted octanol–water partition coefficient (Wildman–Crippen LogP) is 5.18. The van der Waals surface area contributed by atoms with Gasteiger partial charge in [-0.2, -0.15) is 23.3 Å². The van der Waals surface area contributed by atoms with E-state index in [1.165, 1.54) is 6.07 Å². The zero-order valence-corrected chi connectivity index (χ0v) is 19.4. The number of anilines is 3. The van der Waals surface area contributed by atoms with E-state index in [0.717, 1.165) is 17.5 Å². The fraction of sp³-hybridized carbons (Fsp3) is 0.217. The number of furan rings is 1. The van der Waals surface area contributed by atoms with E-state index in [0.29, 0.717) is 66.0 Å². The van der Waals surface area contributed by atoms with Gasteiger partial charge in [0.25, 0.3) is 0 Å². The van der Waals surface area contributed by atoms with Gasteiger partial charge < -0.3 is 19.4 Å². The lowest BCUT2D eigenvalue weighted by Gasteiger charge is -2.27. The molecular formula is C23H19ClF3N7O2. The van der Waals surface area contributed by atoms with Crippen molar-refractivity contribution in [1.29, 1.82) is 0 Å². The highest BCUT2D eigenvalue weighted by Gasteiger charge is 2.30. The Bertz CT molecular complexity index is 1530. The summed E-state index contributed by atoms with van der Waals surface area (Å²) in [6, 6.07) is 10.3. The Labute approximate surface area is 208 Å². The van der Waals surface area contributed by atoms with E-state index in [1.807, 2.05) is 6.07 Å². The van der Waals surface area contributed by atoms with Crippen LogP contribution in [0.15, 0.2) is 53.1 Å². The first-order chi connectivity index (χ1) is 17.0. The Morgan fingerprint density at radius 1 is 1.03 bits per heavy atom. The van der Waals surface area contributed by atoms with E-state index in [1.54, 1.807) is 24.4 Å². The highest BCUT2D eigenvalue weighted by Crippen LogP contribution is 2.35. The molecule has 1 aromatic carbocycles. The van der Waals surface area contributed by atoms with Gasteiger partial charge in [-0.15, -0.1) is 12.4 Å². The van der Waals surface area contributed by atoms with E-state index in [-0.39, 0.29) is 18.4 Å². The number of aromatic amines is 1. The molecule has 2 N–H and O–H groups in total. The average Bonchev–Trinajstić information content (AvgIpc) is 3.49. The Balaban J connectivity index is 0.00000267. The van der Waals surface area contributed by atoms with Crippen LogP contribution in [-0.4, -0.2) is 51.5 Å². The monoisotopic (exact) mass is 517 g/mol. The van der Waals surface area contributed by atoms with E-state index in [4.69, 9.17) is 9.15 Å². The van der Waals surface area contributed by atoms with Crippen LogP contribution in [0.5, 0.6) is 0 Å². The number of pyridine rings is 1. The molecule has 13 heteroatoms. The first-order valence-electron chi connectivity index (χ1n) is 10.8. The maximum atomic E-state index is 13.1. The van der Waals surface area contributed by atoms with Crippen molar-refractivity contribution in [3.8, 4) is 11.3 Å². The summed E-state index contributed by atoms with van der Waals surface area (Å²) in [6.07, 6.45) is -2.79. The van der Waals surface area contributed by atoms with Crippen LogP contribution >= 0.6 is 12.4 Å². The summed E-state index contributed by atoms with van der Waals surface area (Å²) in [4.78, 5) is 15.6. The lowest BCUT2D eigenvalue weighted by atomic mass is 10.1. The van der Waals surface area contributed by atoms with E-state index < -0.39 is 11.7 Å². The van der Waals surface area contributed by atoms with Crippen molar-refractivity contribution < 1.29 is 22.3 Å². The Morgan fingerprint density at radius 3 is 2.67 bits per heavy atom. The molecule has 5 heterocycles. The van der Waals surface area contributed by atoms with E-state index in [9.17, 15) is 13.2 Å². The van der Waals surface area contributed by atoms with Crippen LogP contribution in [0.2, 0.25) is 0 Å². The summed E-state index contributed by atoms with van der Waals surface area (Å²) in [6.45, 7) is 2.40. The molecule has 1 aliphatic heterocycles. The van der Waals surface area contributed by atoms with Gasteiger partial charge in [-0.25, -0.2) is 9.97 Å². The molecule has 0 radical (unpaired) electrons. The van der Waals surface area contributed by atoms with Gasteiger partial charge in [0.15, 0.2) is 11.4 Å². The van der Waals surface area contributed by atoms with Crippen LogP contribution in [0.3, 0.4) is 0 Å². The van der Waals surface area contributed by atoms with Gasteiger partial charge in [0.05, 0.1) is 29.9 Å². The average molecular weight is 518 g/mol. The number of alkyl halides is 3. The van der Waals surface area contributed by atoms with E-state index in [2.05, 4.69) is 35.4 Å². The summed E-state index contributed by atoms with van der Waals surface area (Å²) >= 11 is 0. The van der Waals surface area contributed by atoms with Crippen molar-refractivity contribution in [2.24, 2.45) is 0 Å². The molecule has 0 aliphatic carbocycles. The fourth-order valence-electron chi connectivity index (χ4n) is 4.02. The van der Waals surface area contributed by atoms with Gasteiger partial charge in [0.1, 0.15) is 11.3 Å². The largest absolute Gasteiger partial charge is 0.432 e. The third-order valence-corrected chi connectivity index (χ3v) is 5.69. The first-order valence-corrected chi connectivity index (χ1v) is 10.8. The number of hydrogen-bond acceptors (Lipinski definition) is 8. The molecule has 6 rings (SSSR count). The van der Waals surface area contributed by atoms with Crippen molar-refractivity contribution in [2.45, 2.75) is 6.18 Å². The minimum Gasteiger partial charge on any atom is -0.432 e. The molecule has 0 amide bonds. The minimum atomic E-state index is -4.44. The van der Waals surface area contributed by atoms with Gasteiger partial charge >= 0.3 is 6.18 Å². The predicted molar refractivity (Wildman–Crippen MR) is 130 cm³/mol. The molecule has 0 unspecified atom stereocenters. The second-order valence-electron chi connectivity index (χ2n) is 7.98. The molecule has 0 bridgehead atoms. The minimum absolute atomic E-state index is 0. The lowest BCUT2D eigenvalue weighted by Crippen LogP contribution is -2.37. The van der Waals surface area contributed by atoms with Gasteiger partial charge in [-0.1, -0.05) is 12.1 Å². The fourth-order valence-corrected chi connectivity index (χ4v) is 4.02. The van der Waals surface area contributed by atoms with Crippen molar-refractivity contribution in [3.63, 3.8) is 0 Å². The van der Waals surface area contributed by atoms with Gasteiger partial charge in [0.2, 0.25) is 11.7 Å². The second-order valence-corrected chi connectivity index (χ2v) is 7.98. The number of aromatic nitrogens is 5. The molecular weight excluding hydrogens is 499 g/mol. The van der Waals surface area contributed by atoms with Crippen molar-refractivity contribution >= 4 is 52.2 Å². The van der Waals surface area contributed by atoms with Crippen LogP contribution in [-0.2, 0) is 10.9 Å². The second kappa shape index (κ2) is 9.28. The maximum absolute atomic E-state index is 13.1. The number of nitrogens with zero attached hydrogens (tertiary/aromatic N) is 5. The third kappa shape index (κ3) is 4.40.